The highest BCUT2D eigenvalue weighted by molar-refractivity contribution is 7.89. The lowest BCUT2D eigenvalue weighted by atomic mass is 10.0. The van der Waals surface area contributed by atoms with Crippen LogP contribution >= 0.6 is 12.2 Å². The minimum absolute atomic E-state index is 0.102. The summed E-state index contributed by atoms with van der Waals surface area (Å²) in [6.45, 7) is 5.95. The van der Waals surface area contributed by atoms with Crippen LogP contribution in [0.1, 0.15) is 31.9 Å². The molecule has 0 bridgehead atoms. The smallest absolute Gasteiger partial charge is 0.212 e. The SMILES string of the molecule is CC(C)(C)CS(=O)(=O)NCc1ccc(C(N)=S)cc1. The Hall–Kier alpha value is -0.980. The van der Waals surface area contributed by atoms with Crippen molar-refractivity contribution in [3.8, 4) is 0 Å². The normalized spacial score (nSPS) is 12.4. The number of nitrogens with one attached hydrogen (secondary N) is 1. The fourth-order valence-corrected chi connectivity index (χ4v) is 3.37. The Morgan fingerprint density at radius 2 is 1.79 bits per heavy atom. The standard InChI is InChI=1S/C13H20N2O2S2/c1-13(2,3)9-19(16,17)15-8-10-4-6-11(7-5-10)12(14)18/h4-7,15H,8-9H2,1-3H3,(H2,14,18). The van der Waals surface area contributed by atoms with E-state index in [0.717, 1.165) is 11.1 Å². The molecule has 6 heteroatoms. The van der Waals surface area contributed by atoms with Crippen LogP contribution in [-0.2, 0) is 16.6 Å². The third-order valence-electron chi connectivity index (χ3n) is 2.36. The lowest BCUT2D eigenvalue weighted by molar-refractivity contribution is 0.458. The average molecular weight is 300 g/mol. The van der Waals surface area contributed by atoms with Gasteiger partial charge in [-0.25, -0.2) is 13.1 Å². The Morgan fingerprint density at radius 3 is 2.21 bits per heavy atom. The zero-order valence-electron chi connectivity index (χ0n) is 11.4. The van der Waals surface area contributed by atoms with Crippen LogP contribution in [0.15, 0.2) is 24.3 Å². The van der Waals surface area contributed by atoms with Crippen LogP contribution in [0.25, 0.3) is 0 Å². The Bertz CT molecular complexity index is 543. The van der Waals surface area contributed by atoms with Crippen LogP contribution in [0.5, 0.6) is 0 Å². The van der Waals surface area contributed by atoms with E-state index in [1.54, 1.807) is 12.1 Å². The van der Waals surface area contributed by atoms with Gasteiger partial charge in [0.1, 0.15) is 4.99 Å². The van der Waals surface area contributed by atoms with Crippen molar-refractivity contribution in [2.75, 3.05) is 5.75 Å². The van der Waals surface area contributed by atoms with Crippen molar-refractivity contribution < 1.29 is 8.42 Å². The van der Waals surface area contributed by atoms with Crippen molar-refractivity contribution in [1.82, 2.24) is 4.72 Å². The average Bonchev–Trinajstić information content (AvgIpc) is 2.24. The molecular weight excluding hydrogens is 280 g/mol. The molecule has 1 aromatic carbocycles. The molecule has 19 heavy (non-hydrogen) atoms. The van der Waals surface area contributed by atoms with Gasteiger partial charge in [0.25, 0.3) is 0 Å². The molecule has 0 spiro atoms. The van der Waals surface area contributed by atoms with E-state index in [9.17, 15) is 8.42 Å². The number of hydrogen-bond donors (Lipinski definition) is 2. The number of nitrogens with two attached hydrogens (primary N) is 1. The van der Waals surface area contributed by atoms with Gasteiger partial charge in [0.05, 0.1) is 5.75 Å². The van der Waals surface area contributed by atoms with Gasteiger partial charge in [-0.1, -0.05) is 57.3 Å². The molecule has 0 saturated carbocycles. The number of rotatable bonds is 5. The predicted octanol–water partition coefficient (Wildman–Crippen LogP) is 1.79. The van der Waals surface area contributed by atoms with Crippen molar-refractivity contribution in [3.05, 3.63) is 35.4 Å². The van der Waals surface area contributed by atoms with E-state index in [1.807, 2.05) is 32.9 Å². The molecule has 0 amide bonds. The number of hydrogen-bond acceptors (Lipinski definition) is 3. The number of benzene rings is 1. The van der Waals surface area contributed by atoms with Gasteiger partial charge in [0.15, 0.2) is 0 Å². The Balaban J connectivity index is 2.64. The van der Waals surface area contributed by atoms with Gasteiger partial charge in [0.2, 0.25) is 10.0 Å². The lowest BCUT2D eigenvalue weighted by Crippen LogP contribution is -2.32. The Kier molecular flexibility index (Phi) is 5.06. The maximum Gasteiger partial charge on any atom is 0.212 e. The first-order valence-electron chi connectivity index (χ1n) is 5.95. The zero-order chi connectivity index (χ0) is 14.7. The van der Waals surface area contributed by atoms with E-state index in [2.05, 4.69) is 4.72 Å². The van der Waals surface area contributed by atoms with Crippen molar-refractivity contribution in [1.29, 1.82) is 0 Å². The summed E-state index contributed by atoms with van der Waals surface area (Å²) in [7, 11) is -3.26. The van der Waals surface area contributed by atoms with E-state index in [-0.39, 0.29) is 17.7 Å². The second kappa shape index (κ2) is 5.98. The largest absolute Gasteiger partial charge is 0.389 e. The first kappa shape index (κ1) is 16.1. The molecule has 0 aliphatic carbocycles. The Morgan fingerprint density at radius 1 is 1.26 bits per heavy atom. The summed E-state index contributed by atoms with van der Waals surface area (Å²) in [5.41, 5.74) is 6.88. The highest BCUT2D eigenvalue weighted by atomic mass is 32.2. The molecule has 0 fully saturated rings. The Labute approximate surface area is 120 Å². The molecule has 1 aromatic rings. The molecule has 106 valence electrons. The summed E-state index contributed by atoms with van der Waals surface area (Å²) >= 11 is 4.86. The van der Waals surface area contributed by atoms with E-state index in [0.29, 0.717) is 4.99 Å². The van der Waals surface area contributed by atoms with E-state index >= 15 is 0 Å². The topological polar surface area (TPSA) is 72.2 Å². The second-order valence-corrected chi connectivity index (χ2v) is 7.95. The van der Waals surface area contributed by atoms with Crippen LogP contribution < -0.4 is 10.5 Å². The minimum Gasteiger partial charge on any atom is -0.389 e. The molecule has 1 rings (SSSR count). The summed E-state index contributed by atoms with van der Waals surface area (Å²) in [5.74, 6) is 0.102. The summed E-state index contributed by atoms with van der Waals surface area (Å²) < 4.78 is 26.3. The van der Waals surface area contributed by atoms with Gasteiger partial charge < -0.3 is 5.73 Å². The van der Waals surface area contributed by atoms with Crippen LogP contribution in [-0.4, -0.2) is 19.2 Å². The molecule has 0 unspecified atom stereocenters. The summed E-state index contributed by atoms with van der Waals surface area (Å²) in [4.78, 5) is 0.333. The third-order valence-corrected chi connectivity index (χ3v) is 4.42. The van der Waals surface area contributed by atoms with Crippen LogP contribution in [0, 0.1) is 5.41 Å². The van der Waals surface area contributed by atoms with Gasteiger partial charge in [0, 0.05) is 12.1 Å². The highest BCUT2D eigenvalue weighted by Gasteiger charge is 2.20. The number of thiocarbonyl (C=S) groups is 1. The van der Waals surface area contributed by atoms with E-state index < -0.39 is 10.0 Å². The quantitative estimate of drug-likeness (QED) is 0.813. The molecule has 0 radical (unpaired) electrons. The predicted molar refractivity (Wildman–Crippen MR) is 82.4 cm³/mol. The van der Waals surface area contributed by atoms with Crippen molar-refractivity contribution in [2.45, 2.75) is 27.3 Å². The molecular formula is C13H20N2O2S2. The molecule has 3 N–H and O–H groups in total. The molecule has 0 aliphatic rings. The van der Waals surface area contributed by atoms with Crippen molar-refractivity contribution in [2.24, 2.45) is 11.1 Å². The maximum atomic E-state index is 11.8. The molecule has 0 heterocycles. The van der Waals surface area contributed by atoms with Crippen LogP contribution in [0.2, 0.25) is 0 Å². The summed E-state index contributed by atoms with van der Waals surface area (Å²) in [6.07, 6.45) is 0. The molecule has 0 atom stereocenters. The monoisotopic (exact) mass is 300 g/mol. The lowest BCUT2D eigenvalue weighted by Gasteiger charge is -2.18. The fourth-order valence-electron chi connectivity index (χ4n) is 1.60. The van der Waals surface area contributed by atoms with E-state index in [1.165, 1.54) is 0 Å². The van der Waals surface area contributed by atoms with Gasteiger partial charge in [-0.3, -0.25) is 0 Å². The van der Waals surface area contributed by atoms with Gasteiger partial charge in [-0.15, -0.1) is 0 Å². The van der Waals surface area contributed by atoms with Gasteiger partial charge in [-0.05, 0) is 11.0 Å². The number of sulfonamides is 1. The van der Waals surface area contributed by atoms with Gasteiger partial charge in [-0.2, -0.15) is 0 Å². The van der Waals surface area contributed by atoms with Crippen molar-refractivity contribution >= 4 is 27.2 Å². The molecule has 0 aromatic heterocycles. The summed E-state index contributed by atoms with van der Waals surface area (Å²) in [5, 5.41) is 0. The third kappa shape index (κ3) is 6.13. The van der Waals surface area contributed by atoms with E-state index in [4.69, 9.17) is 18.0 Å². The zero-order valence-corrected chi connectivity index (χ0v) is 13.1. The van der Waals surface area contributed by atoms with Crippen molar-refractivity contribution in [3.63, 3.8) is 0 Å². The molecule has 0 aliphatic heterocycles. The maximum absolute atomic E-state index is 11.8. The first-order valence-corrected chi connectivity index (χ1v) is 8.01. The summed E-state index contributed by atoms with van der Waals surface area (Å²) in [6, 6.07) is 7.20. The van der Waals surface area contributed by atoms with Crippen LogP contribution in [0.3, 0.4) is 0 Å². The fraction of sp³-hybridized carbons (Fsp3) is 0.462. The molecule has 4 nitrogen and oxygen atoms in total. The molecule has 0 saturated heterocycles. The van der Waals surface area contributed by atoms with Crippen LogP contribution in [0.4, 0.5) is 0 Å². The first-order chi connectivity index (χ1) is 8.59. The second-order valence-electron chi connectivity index (χ2n) is 5.70. The van der Waals surface area contributed by atoms with Gasteiger partial charge >= 0.3 is 0 Å². The minimum atomic E-state index is -3.26. The highest BCUT2D eigenvalue weighted by Crippen LogP contribution is 2.15.